The standard InChI is InChI=1S/C24H27N3O2/c1-17(2)22-11-7-8-12-23(22)29-18(3)25-24(28)27-21-15-13-20(14-16-21)26-19-9-5-4-6-10-19/h4-18,26H,1-3H3,(H2,25,27,28). The molecule has 3 aromatic carbocycles. The highest BCUT2D eigenvalue weighted by Crippen LogP contribution is 2.26. The van der Waals surface area contributed by atoms with Gasteiger partial charge in [0.2, 0.25) is 0 Å². The third-order valence-electron chi connectivity index (χ3n) is 4.38. The number of anilines is 3. The summed E-state index contributed by atoms with van der Waals surface area (Å²) in [7, 11) is 0. The molecule has 3 aromatic rings. The number of nitrogens with one attached hydrogen (secondary N) is 3. The number of amides is 2. The van der Waals surface area contributed by atoms with Gasteiger partial charge in [-0.2, -0.15) is 0 Å². The van der Waals surface area contributed by atoms with Gasteiger partial charge in [0.25, 0.3) is 0 Å². The first-order valence-electron chi connectivity index (χ1n) is 9.76. The zero-order valence-electron chi connectivity index (χ0n) is 17.0. The number of carbonyl (C=O) groups excluding carboxylic acids is 1. The molecule has 0 aliphatic rings. The Kier molecular flexibility index (Phi) is 6.74. The van der Waals surface area contributed by atoms with Crippen molar-refractivity contribution in [1.29, 1.82) is 0 Å². The van der Waals surface area contributed by atoms with Crippen molar-refractivity contribution in [2.24, 2.45) is 0 Å². The molecule has 0 saturated carbocycles. The van der Waals surface area contributed by atoms with E-state index in [1.165, 1.54) is 0 Å². The van der Waals surface area contributed by atoms with E-state index >= 15 is 0 Å². The second kappa shape index (κ2) is 9.64. The Balaban J connectivity index is 1.52. The van der Waals surface area contributed by atoms with E-state index < -0.39 is 6.23 Å². The number of para-hydroxylation sites is 2. The quantitative estimate of drug-likeness (QED) is 0.428. The van der Waals surface area contributed by atoms with Crippen LogP contribution < -0.4 is 20.7 Å². The molecule has 29 heavy (non-hydrogen) atoms. The Morgan fingerprint density at radius 3 is 2.03 bits per heavy atom. The predicted molar refractivity (Wildman–Crippen MR) is 119 cm³/mol. The summed E-state index contributed by atoms with van der Waals surface area (Å²) in [5.41, 5.74) is 3.78. The largest absolute Gasteiger partial charge is 0.471 e. The van der Waals surface area contributed by atoms with Crippen LogP contribution in [0.3, 0.4) is 0 Å². The van der Waals surface area contributed by atoms with Crippen LogP contribution in [0.15, 0.2) is 78.9 Å². The van der Waals surface area contributed by atoms with E-state index in [1.54, 1.807) is 0 Å². The average molecular weight is 389 g/mol. The lowest BCUT2D eigenvalue weighted by Crippen LogP contribution is -2.39. The number of carbonyl (C=O) groups is 1. The summed E-state index contributed by atoms with van der Waals surface area (Å²) in [6.07, 6.45) is -0.464. The fraction of sp³-hybridized carbons (Fsp3) is 0.208. The average Bonchev–Trinajstić information content (AvgIpc) is 2.70. The van der Waals surface area contributed by atoms with E-state index in [1.807, 2.05) is 85.8 Å². The lowest BCUT2D eigenvalue weighted by Gasteiger charge is -2.20. The molecule has 3 N–H and O–H groups in total. The summed E-state index contributed by atoms with van der Waals surface area (Å²) >= 11 is 0. The zero-order valence-corrected chi connectivity index (χ0v) is 17.0. The molecule has 0 heterocycles. The van der Waals surface area contributed by atoms with Crippen LogP contribution in [0.4, 0.5) is 21.9 Å². The number of rotatable bonds is 7. The van der Waals surface area contributed by atoms with Gasteiger partial charge in [-0.3, -0.25) is 0 Å². The van der Waals surface area contributed by atoms with Gasteiger partial charge < -0.3 is 20.7 Å². The van der Waals surface area contributed by atoms with E-state index in [0.717, 1.165) is 22.7 Å². The van der Waals surface area contributed by atoms with Crippen LogP contribution in [0.5, 0.6) is 5.75 Å². The van der Waals surface area contributed by atoms with Crippen LogP contribution in [0.25, 0.3) is 0 Å². The van der Waals surface area contributed by atoms with Crippen LogP contribution in [0.2, 0.25) is 0 Å². The van der Waals surface area contributed by atoms with E-state index in [9.17, 15) is 4.79 Å². The van der Waals surface area contributed by atoms with Crippen molar-refractivity contribution < 1.29 is 9.53 Å². The van der Waals surface area contributed by atoms with Crippen LogP contribution in [-0.2, 0) is 0 Å². The molecule has 0 aromatic heterocycles. The van der Waals surface area contributed by atoms with Gasteiger partial charge in [0.1, 0.15) is 5.75 Å². The molecule has 3 rings (SSSR count). The van der Waals surface area contributed by atoms with Gasteiger partial charge >= 0.3 is 6.03 Å². The van der Waals surface area contributed by atoms with E-state index in [-0.39, 0.29) is 6.03 Å². The molecule has 150 valence electrons. The Morgan fingerprint density at radius 1 is 0.759 bits per heavy atom. The molecule has 0 spiro atoms. The first-order valence-corrected chi connectivity index (χ1v) is 9.76. The van der Waals surface area contributed by atoms with Crippen molar-refractivity contribution in [3.8, 4) is 5.75 Å². The highest BCUT2D eigenvalue weighted by atomic mass is 16.5. The van der Waals surface area contributed by atoms with Crippen molar-refractivity contribution in [1.82, 2.24) is 5.32 Å². The molecule has 0 aliphatic carbocycles. The van der Waals surface area contributed by atoms with Gasteiger partial charge in [-0.25, -0.2) is 4.79 Å². The lowest BCUT2D eigenvalue weighted by molar-refractivity contribution is 0.181. The minimum absolute atomic E-state index is 0.316. The van der Waals surface area contributed by atoms with Gasteiger partial charge in [0.15, 0.2) is 6.23 Å². The molecular formula is C24H27N3O2. The van der Waals surface area contributed by atoms with Crippen molar-refractivity contribution >= 4 is 23.1 Å². The molecule has 0 bridgehead atoms. The molecule has 5 nitrogen and oxygen atoms in total. The second-order valence-electron chi connectivity index (χ2n) is 7.12. The van der Waals surface area contributed by atoms with Crippen molar-refractivity contribution in [2.75, 3.05) is 10.6 Å². The van der Waals surface area contributed by atoms with Gasteiger partial charge in [-0.1, -0.05) is 50.2 Å². The third kappa shape index (κ3) is 6.01. The van der Waals surface area contributed by atoms with Crippen LogP contribution in [0, 0.1) is 0 Å². The van der Waals surface area contributed by atoms with Crippen LogP contribution >= 0.6 is 0 Å². The maximum Gasteiger partial charge on any atom is 0.322 e. The predicted octanol–water partition coefficient (Wildman–Crippen LogP) is 6.10. The molecule has 5 heteroatoms. The second-order valence-corrected chi connectivity index (χ2v) is 7.12. The fourth-order valence-corrected chi connectivity index (χ4v) is 2.96. The molecule has 0 fully saturated rings. The van der Waals surface area contributed by atoms with E-state index in [2.05, 4.69) is 29.8 Å². The first kappa shape index (κ1) is 20.3. The smallest absolute Gasteiger partial charge is 0.322 e. The molecule has 1 unspecified atom stereocenters. The number of ether oxygens (including phenoxy) is 1. The number of hydrogen-bond donors (Lipinski definition) is 3. The van der Waals surface area contributed by atoms with Crippen LogP contribution in [-0.4, -0.2) is 12.3 Å². The topological polar surface area (TPSA) is 62.4 Å². The molecular weight excluding hydrogens is 362 g/mol. The molecule has 2 amide bonds. The highest BCUT2D eigenvalue weighted by molar-refractivity contribution is 5.89. The summed E-state index contributed by atoms with van der Waals surface area (Å²) < 4.78 is 5.92. The molecule has 1 atom stereocenters. The van der Waals surface area contributed by atoms with E-state index in [0.29, 0.717) is 11.6 Å². The molecule has 0 saturated heterocycles. The summed E-state index contributed by atoms with van der Waals surface area (Å²) in [6.45, 7) is 6.04. The maximum atomic E-state index is 12.3. The summed E-state index contributed by atoms with van der Waals surface area (Å²) in [4.78, 5) is 12.3. The van der Waals surface area contributed by atoms with Gasteiger partial charge in [-0.05, 0) is 60.9 Å². The normalized spacial score (nSPS) is 11.6. The van der Waals surface area contributed by atoms with E-state index in [4.69, 9.17) is 4.74 Å². The summed E-state index contributed by atoms with van der Waals surface area (Å²) in [5, 5.41) is 8.95. The highest BCUT2D eigenvalue weighted by Gasteiger charge is 2.12. The first-order chi connectivity index (χ1) is 14.0. The Labute approximate surface area is 172 Å². The number of hydrogen-bond acceptors (Lipinski definition) is 3. The van der Waals surface area contributed by atoms with Crippen molar-refractivity contribution in [3.05, 3.63) is 84.4 Å². The Morgan fingerprint density at radius 2 is 1.34 bits per heavy atom. The zero-order chi connectivity index (χ0) is 20.6. The van der Waals surface area contributed by atoms with Gasteiger partial charge in [0, 0.05) is 17.1 Å². The number of benzene rings is 3. The minimum atomic E-state index is -0.464. The van der Waals surface area contributed by atoms with Gasteiger partial charge in [-0.15, -0.1) is 0 Å². The fourth-order valence-electron chi connectivity index (χ4n) is 2.96. The van der Waals surface area contributed by atoms with Crippen molar-refractivity contribution in [2.45, 2.75) is 32.9 Å². The van der Waals surface area contributed by atoms with Crippen LogP contribution in [0.1, 0.15) is 32.3 Å². The Bertz CT molecular complexity index is 924. The van der Waals surface area contributed by atoms with Gasteiger partial charge in [0.05, 0.1) is 0 Å². The summed E-state index contributed by atoms with van der Waals surface area (Å²) in [5.74, 6) is 1.13. The lowest BCUT2D eigenvalue weighted by atomic mass is 10.0. The summed E-state index contributed by atoms with van der Waals surface area (Å²) in [6, 6.07) is 25.0. The monoisotopic (exact) mass is 389 g/mol. The Hall–Kier alpha value is -3.47. The minimum Gasteiger partial charge on any atom is -0.471 e. The third-order valence-corrected chi connectivity index (χ3v) is 4.38. The number of urea groups is 1. The SMILES string of the molecule is CC(NC(=O)Nc1ccc(Nc2ccccc2)cc1)Oc1ccccc1C(C)C. The molecule has 0 radical (unpaired) electrons. The maximum absolute atomic E-state index is 12.3. The van der Waals surface area contributed by atoms with Crippen molar-refractivity contribution in [3.63, 3.8) is 0 Å². The molecule has 0 aliphatic heterocycles.